The van der Waals surface area contributed by atoms with Crippen LogP contribution in [0.4, 0.5) is 14.5 Å². The second kappa shape index (κ2) is 15.7. The molecule has 0 saturated heterocycles. The molecule has 0 aromatic heterocycles. The minimum absolute atomic E-state index is 0.0160. The first-order valence-electron chi connectivity index (χ1n) is 14.8. The van der Waals surface area contributed by atoms with E-state index in [1.165, 1.54) is 12.1 Å². The summed E-state index contributed by atoms with van der Waals surface area (Å²) in [6.07, 6.45) is -0.202. The average Bonchev–Trinajstić information content (AvgIpc) is 3.44. The summed E-state index contributed by atoms with van der Waals surface area (Å²) < 4.78 is 40.4. The van der Waals surface area contributed by atoms with E-state index in [1.54, 1.807) is 48.5 Å². The van der Waals surface area contributed by atoms with Crippen molar-refractivity contribution in [1.82, 2.24) is 10.9 Å². The number of carbonyl (C=O) groups excluding carboxylic acids is 1. The number of benzene rings is 4. The fourth-order valence-corrected chi connectivity index (χ4v) is 5.50. The number of azide groups is 1. The summed E-state index contributed by atoms with van der Waals surface area (Å²) in [4.78, 5) is 22.3. The number of carbonyl (C=O) groups is 1. The van der Waals surface area contributed by atoms with E-state index < -0.39 is 29.2 Å². The highest BCUT2D eigenvalue weighted by molar-refractivity contribution is 9.10. The number of hydrogen-bond donors (Lipinski definition) is 3. The molecule has 0 bridgehead atoms. The van der Waals surface area contributed by atoms with E-state index in [4.69, 9.17) is 19.6 Å². The molecular formula is C34H31BrF2N6O4. The molecule has 5 rings (SSSR count). The van der Waals surface area contributed by atoms with Crippen LogP contribution in [0.5, 0.6) is 5.75 Å². The van der Waals surface area contributed by atoms with Gasteiger partial charge in [0.2, 0.25) is 5.90 Å². The number of ether oxygens (including phenoxy) is 2. The summed E-state index contributed by atoms with van der Waals surface area (Å²) in [6.45, 7) is 0.531. The summed E-state index contributed by atoms with van der Waals surface area (Å²) in [6, 6.07) is 24.5. The standard InChI is InChI=1S/C34H31BrF2N6O4/c35-25-10-6-22(7-11-25)21-34(33(45)42-39-15-14-23-18-26(36)20-27(37)19-23)31(29-4-1-2-5-30(29)41-43-38)47-32(40-34)24-8-12-28(13-9-24)46-17-3-16-44/h1-2,4-13,18-20,31,39,44H,3,14-17,21H2,(H,42,45)/t31-,34-/m0/s1. The van der Waals surface area contributed by atoms with Crippen LogP contribution in [0.2, 0.25) is 0 Å². The fourth-order valence-electron chi connectivity index (χ4n) is 5.23. The Morgan fingerprint density at radius 1 is 1.04 bits per heavy atom. The summed E-state index contributed by atoms with van der Waals surface area (Å²) in [5, 5.41) is 12.9. The predicted octanol–water partition coefficient (Wildman–Crippen LogP) is 6.79. The summed E-state index contributed by atoms with van der Waals surface area (Å²) in [7, 11) is 0. The topological polar surface area (TPSA) is 141 Å². The molecule has 1 amide bonds. The van der Waals surface area contributed by atoms with Crippen molar-refractivity contribution in [1.29, 1.82) is 0 Å². The molecular weight excluding hydrogens is 674 g/mol. The Labute approximate surface area is 278 Å². The van der Waals surface area contributed by atoms with Crippen molar-refractivity contribution < 1.29 is 28.2 Å². The highest BCUT2D eigenvalue weighted by Gasteiger charge is 2.54. The summed E-state index contributed by atoms with van der Waals surface area (Å²) in [5.74, 6) is -1.13. The van der Waals surface area contributed by atoms with Crippen LogP contribution in [0.3, 0.4) is 0 Å². The third-order valence-corrected chi connectivity index (χ3v) is 7.98. The Balaban J connectivity index is 1.52. The minimum atomic E-state index is -1.60. The molecule has 0 unspecified atom stereocenters. The Bertz CT molecular complexity index is 1760. The molecule has 4 aromatic rings. The number of aliphatic imine (C=N–C) groups is 1. The number of amides is 1. The van der Waals surface area contributed by atoms with E-state index in [1.807, 2.05) is 24.3 Å². The number of hydrogen-bond acceptors (Lipinski definition) is 7. The lowest BCUT2D eigenvalue weighted by Gasteiger charge is -2.31. The molecule has 0 radical (unpaired) electrons. The van der Waals surface area contributed by atoms with Gasteiger partial charge in [0, 0.05) is 58.3 Å². The van der Waals surface area contributed by atoms with Crippen molar-refractivity contribution in [3.63, 3.8) is 0 Å². The van der Waals surface area contributed by atoms with Crippen molar-refractivity contribution in [2.24, 2.45) is 10.1 Å². The summed E-state index contributed by atoms with van der Waals surface area (Å²) >= 11 is 3.45. The van der Waals surface area contributed by atoms with Gasteiger partial charge in [-0.05, 0) is 71.6 Å². The number of hydrazine groups is 1. The van der Waals surface area contributed by atoms with Gasteiger partial charge in [-0.15, -0.1) is 0 Å². The lowest BCUT2D eigenvalue weighted by molar-refractivity contribution is -0.130. The molecule has 242 valence electrons. The van der Waals surface area contributed by atoms with Crippen LogP contribution in [0.25, 0.3) is 10.4 Å². The van der Waals surface area contributed by atoms with Crippen LogP contribution in [-0.2, 0) is 22.4 Å². The molecule has 0 spiro atoms. The molecule has 4 aromatic carbocycles. The Morgan fingerprint density at radius 3 is 2.47 bits per heavy atom. The molecule has 1 heterocycles. The van der Waals surface area contributed by atoms with E-state index in [0.717, 1.165) is 16.1 Å². The molecule has 1 aliphatic heterocycles. The van der Waals surface area contributed by atoms with Gasteiger partial charge in [0.25, 0.3) is 5.91 Å². The van der Waals surface area contributed by atoms with Gasteiger partial charge in [-0.25, -0.2) is 19.2 Å². The monoisotopic (exact) mass is 704 g/mol. The molecule has 47 heavy (non-hydrogen) atoms. The zero-order valence-corrected chi connectivity index (χ0v) is 26.7. The third-order valence-electron chi connectivity index (χ3n) is 7.45. The largest absolute Gasteiger partial charge is 0.494 e. The zero-order chi connectivity index (χ0) is 33.2. The molecule has 1 aliphatic rings. The average molecular weight is 706 g/mol. The Hall–Kier alpha value is -4.81. The molecule has 0 fully saturated rings. The van der Waals surface area contributed by atoms with Gasteiger partial charge in [-0.2, -0.15) is 0 Å². The number of aliphatic hydroxyl groups excluding tert-OH is 1. The van der Waals surface area contributed by atoms with Crippen LogP contribution in [0, 0.1) is 11.6 Å². The highest BCUT2D eigenvalue weighted by atomic mass is 79.9. The lowest BCUT2D eigenvalue weighted by atomic mass is 9.81. The van der Waals surface area contributed by atoms with Crippen LogP contribution in [0.15, 0.2) is 106 Å². The lowest BCUT2D eigenvalue weighted by Crippen LogP contribution is -2.54. The second-order valence-electron chi connectivity index (χ2n) is 10.7. The highest BCUT2D eigenvalue weighted by Crippen LogP contribution is 2.45. The Kier molecular flexibility index (Phi) is 11.2. The maximum atomic E-state index is 14.4. The van der Waals surface area contributed by atoms with Gasteiger partial charge < -0.3 is 14.6 Å². The first kappa shape index (κ1) is 33.6. The smallest absolute Gasteiger partial charge is 0.266 e. The van der Waals surface area contributed by atoms with Crippen molar-refractivity contribution in [3.8, 4) is 5.75 Å². The van der Waals surface area contributed by atoms with Gasteiger partial charge in [0.15, 0.2) is 11.6 Å². The van der Waals surface area contributed by atoms with Gasteiger partial charge in [-0.3, -0.25) is 10.2 Å². The molecule has 10 nitrogen and oxygen atoms in total. The fraction of sp³-hybridized carbons (Fsp3) is 0.235. The molecule has 2 atom stereocenters. The van der Waals surface area contributed by atoms with E-state index in [-0.39, 0.29) is 37.6 Å². The first-order chi connectivity index (χ1) is 22.8. The van der Waals surface area contributed by atoms with Gasteiger partial charge in [0.05, 0.1) is 6.61 Å². The number of halogens is 3. The molecule has 0 aliphatic carbocycles. The van der Waals surface area contributed by atoms with E-state index >= 15 is 0 Å². The predicted molar refractivity (Wildman–Crippen MR) is 176 cm³/mol. The van der Waals surface area contributed by atoms with Crippen LogP contribution < -0.4 is 15.6 Å². The molecule has 0 saturated carbocycles. The maximum absolute atomic E-state index is 14.4. The summed E-state index contributed by atoms with van der Waals surface area (Å²) in [5.41, 5.74) is 15.8. The normalized spacial score (nSPS) is 16.9. The van der Waals surface area contributed by atoms with Crippen LogP contribution in [-0.4, -0.2) is 42.2 Å². The first-order valence-corrected chi connectivity index (χ1v) is 15.6. The second-order valence-corrected chi connectivity index (χ2v) is 11.7. The van der Waals surface area contributed by atoms with Gasteiger partial charge in [-0.1, -0.05) is 57.4 Å². The van der Waals surface area contributed by atoms with Crippen LogP contribution in [0.1, 0.15) is 34.8 Å². The number of nitrogens with zero attached hydrogens (tertiary/aromatic N) is 4. The SMILES string of the molecule is [N-]=[N+]=Nc1ccccc1[C@@H]1OC(c2ccc(OCCCO)cc2)=N[C@]1(Cc1ccc(Br)cc1)C(=O)NNCCc1cc(F)cc(F)c1. The molecule has 3 N–H and O–H groups in total. The molecule has 13 heteroatoms. The minimum Gasteiger partial charge on any atom is -0.494 e. The van der Waals surface area contributed by atoms with Crippen molar-refractivity contribution in [2.45, 2.75) is 30.9 Å². The van der Waals surface area contributed by atoms with Crippen molar-refractivity contribution in [3.05, 3.63) is 140 Å². The number of aliphatic hydroxyl groups is 1. The van der Waals surface area contributed by atoms with Gasteiger partial charge >= 0.3 is 0 Å². The van der Waals surface area contributed by atoms with Crippen molar-refractivity contribution in [2.75, 3.05) is 19.8 Å². The number of nitrogens with one attached hydrogen (secondary N) is 2. The number of rotatable bonds is 14. The van der Waals surface area contributed by atoms with E-state index in [2.05, 4.69) is 36.8 Å². The maximum Gasteiger partial charge on any atom is 0.266 e. The Morgan fingerprint density at radius 2 is 1.77 bits per heavy atom. The van der Waals surface area contributed by atoms with Crippen LogP contribution >= 0.6 is 15.9 Å². The third kappa shape index (κ3) is 8.32. The van der Waals surface area contributed by atoms with Gasteiger partial charge in [0.1, 0.15) is 17.4 Å². The zero-order valence-electron chi connectivity index (χ0n) is 25.1. The quantitative estimate of drug-likeness (QED) is 0.0436. The van der Waals surface area contributed by atoms with E-state index in [9.17, 15) is 19.1 Å². The van der Waals surface area contributed by atoms with Crippen molar-refractivity contribution >= 4 is 33.4 Å². The van der Waals surface area contributed by atoms with E-state index in [0.29, 0.717) is 35.5 Å².